The van der Waals surface area contributed by atoms with Gasteiger partial charge in [0.15, 0.2) is 0 Å². The lowest BCUT2D eigenvalue weighted by molar-refractivity contribution is -0.427. The molecule has 0 aromatic heterocycles. The number of ether oxygens (including phenoxy) is 1. The third-order valence-corrected chi connectivity index (χ3v) is 3.35. The van der Waals surface area contributed by atoms with Crippen molar-refractivity contribution in [1.82, 2.24) is 0 Å². The zero-order chi connectivity index (χ0) is 14.1. The molecule has 5 heteroatoms. The third-order valence-electron chi connectivity index (χ3n) is 3.11. The van der Waals surface area contributed by atoms with Crippen molar-refractivity contribution < 1.29 is 9.66 Å². The van der Waals surface area contributed by atoms with Crippen molar-refractivity contribution in [3.05, 3.63) is 80.5 Å². The fourth-order valence-electron chi connectivity index (χ4n) is 2.18. The number of para-hydroxylation sites is 1. The first-order valence-corrected chi connectivity index (χ1v) is 6.42. The largest absolute Gasteiger partial charge is 0.450 e. The van der Waals surface area contributed by atoms with Crippen molar-refractivity contribution in [2.24, 2.45) is 0 Å². The van der Waals surface area contributed by atoms with Gasteiger partial charge in [0.2, 0.25) is 5.76 Å². The zero-order valence-corrected chi connectivity index (χ0v) is 11.1. The number of halogens is 1. The van der Waals surface area contributed by atoms with Gasteiger partial charge in [-0.1, -0.05) is 41.9 Å². The van der Waals surface area contributed by atoms with Gasteiger partial charge in [-0.2, -0.15) is 0 Å². The molecule has 1 heterocycles. The highest BCUT2D eigenvalue weighted by molar-refractivity contribution is 6.30. The summed E-state index contributed by atoms with van der Waals surface area (Å²) >= 11 is 5.94. The van der Waals surface area contributed by atoms with Crippen LogP contribution in [0.1, 0.15) is 11.1 Å². The van der Waals surface area contributed by atoms with Crippen LogP contribution in [0.5, 0.6) is 5.75 Å². The molecule has 2 aromatic rings. The fraction of sp³-hybridized carbons (Fsp3) is 0.0667. The zero-order valence-electron chi connectivity index (χ0n) is 10.4. The second-order valence-electron chi connectivity index (χ2n) is 4.43. The molecule has 0 radical (unpaired) electrons. The maximum absolute atomic E-state index is 11.3. The molecule has 0 aliphatic carbocycles. The summed E-state index contributed by atoms with van der Waals surface area (Å²) in [4.78, 5) is 10.9. The number of allylic oxidation sites excluding steroid dienone is 1. The minimum absolute atomic E-state index is 0.0472. The molecule has 1 aliphatic rings. The number of nitro groups is 1. The highest BCUT2D eigenvalue weighted by atomic mass is 35.5. The van der Waals surface area contributed by atoms with Gasteiger partial charge >= 0.3 is 0 Å². The summed E-state index contributed by atoms with van der Waals surface area (Å²) < 4.78 is 5.73. The van der Waals surface area contributed by atoms with E-state index in [0.717, 1.165) is 5.56 Å². The number of hydrogen-bond acceptors (Lipinski definition) is 3. The Bertz CT molecular complexity index is 725. The van der Waals surface area contributed by atoms with Crippen molar-refractivity contribution in [2.75, 3.05) is 0 Å². The van der Waals surface area contributed by atoms with E-state index in [1.165, 1.54) is 0 Å². The third kappa shape index (κ3) is 2.26. The van der Waals surface area contributed by atoms with Gasteiger partial charge in [-0.25, -0.2) is 0 Å². The maximum Gasteiger partial charge on any atom is 0.293 e. The van der Waals surface area contributed by atoms with Gasteiger partial charge in [0.1, 0.15) is 5.75 Å². The molecule has 0 saturated heterocycles. The molecule has 0 spiro atoms. The minimum Gasteiger partial charge on any atom is -0.450 e. The van der Waals surface area contributed by atoms with E-state index in [1.54, 1.807) is 30.3 Å². The predicted octanol–water partition coefficient (Wildman–Crippen LogP) is 3.92. The van der Waals surface area contributed by atoms with Crippen LogP contribution in [-0.2, 0) is 6.42 Å². The Hall–Kier alpha value is -2.33. The highest BCUT2D eigenvalue weighted by Gasteiger charge is 2.29. The lowest BCUT2D eigenvalue weighted by Gasteiger charge is -2.19. The first kappa shape index (κ1) is 12.7. The molecule has 0 bridgehead atoms. The van der Waals surface area contributed by atoms with Gasteiger partial charge in [-0.05, 0) is 18.2 Å². The number of benzene rings is 2. The van der Waals surface area contributed by atoms with E-state index in [0.29, 0.717) is 16.3 Å². The molecule has 20 heavy (non-hydrogen) atoms. The molecular weight excluding hydrogens is 278 g/mol. The van der Waals surface area contributed by atoms with E-state index in [1.807, 2.05) is 18.2 Å². The Labute approximate surface area is 120 Å². The van der Waals surface area contributed by atoms with E-state index in [4.69, 9.17) is 16.3 Å². The second kappa shape index (κ2) is 4.98. The molecule has 0 amide bonds. The van der Waals surface area contributed by atoms with Crippen LogP contribution in [0.15, 0.2) is 54.2 Å². The van der Waals surface area contributed by atoms with Gasteiger partial charge in [0.05, 0.1) is 11.3 Å². The summed E-state index contributed by atoms with van der Waals surface area (Å²) in [5.74, 6) is 0.907. The predicted molar refractivity (Wildman–Crippen MR) is 76.1 cm³/mol. The van der Waals surface area contributed by atoms with Crippen LogP contribution in [0.3, 0.4) is 0 Å². The average Bonchev–Trinajstić information content (AvgIpc) is 2.46. The quantitative estimate of drug-likeness (QED) is 0.621. The monoisotopic (exact) mass is 287 g/mol. The van der Waals surface area contributed by atoms with Crippen molar-refractivity contribution in [3.63, 3.8) is 0 Å². The summed E-state index contributed by atoms with van der Waals surface area (Å²) in [6.07, 6.45) is 0.241. The first-order valence-electron chi connectivity index (χ1n) is 6.04. The summed E-state index contributed by atoms with van der Waals surface area (Å²) in [7, 11) is 0. The summed E-state index contributed by atoms with van der Waals surface area (Å²) in [6.45, 7) is 0. The molecule has 3 rings (SSSR count). The molecule has 0 fully saturated rings. The van der Waals surface area contributed by atoms with E-state index in [-0.39, 0.29) is 17.9 Å². The van der Waals surface area contributed by atoms with E-state index in [9.17, 15) is 10.1 Å². The Morgan fingerprint density at radius 1 is 1.15 bits per heavy atom. The van der Waals surface area contributed by atoms with Crippen LogP contribution in [0, 0.1) is 10.1 Å². The standard InChI is InChI=1S/C15H10ClNO3/c16-12-6-3-5-11(8-12)15-13(17(18)19)9-10-4-1-2-7-14(10)20-15/h1-8H,9H2. The molecule has 0 saturated carbocycles. The lowest BCUT2D eigenvalue weighted by atomic mass is 10.0. The van der Waals surface area contributed by atoms with Crippen molar-refractivity contribution >= 4 is 17.4 Å². The Balaban J connectivity index is 2.13. The van der Waals surface area contributed by atoms with Gasteiger partial charge in [-0.15, -0.1) is 0 Å². The van der Waals surface area contributed by atoms with Gasteiger partial charge < -0.3 is 4.74 Å². The molecular formula is C15H10ClNO3. The minimum atomic E-state index is -0.397. The number of nitrogens with zero attached hydrogens (tertiary/aromatic N) is 1. The van der Waals surface area contributed by atoms with Crippen molar-refractivity contribution in [3.8, 4) is 5.75 Å². The van der Waals surface area contributed by atoms with Gasteiger partial charge in [0.25, 0.3) is 5.70 Å². The number of rotatable bonds is 2. The molecule has 0 unspecified atom stereocenters. The SMILES string of the molecule is O=[N+]([O-])C1=C(c2cccc(Cl)c2)Oc2ccccc2C1. The van der Waals surface area contributed by atoms with Crippen LogP contribution in [0.4, 0.5) is 0 Å². The summed E-state index contributed by atoms with van der Waals surface area (Å²) in [6, 6.07) is 14.2. The van der Waals surface area contributed by atoms with Crippen LogP contribution in [0.25, 0.3) is 5.76 Å². The molecule has 4 nitrogen and oxygen atoms in total. The van der Waals surface area contributed by atoms with Crippen molar-refractivity contribution in [1.29, 1.82) is 0 Å². The van der Waals surface area contributed by atoms with Gasteiger partial charge in [0, 0.05) is 16.1 Å². The van der Waals surface area contributed by atoms with Crippen LogP contribution in [-0.4, -0.2) is 4.92 Å². The molecule has 100 valence electrons. The normalized spacial score (nSPS) is 13.7. The molecule has 2 aromatic carbocycles. The van der Waals surface area contributed by atoms with Gasteiger partial charge in [-0.3, -0.25) is 10.1 Å². The smallest absolute Gasteiger partial charge is 0.293 e. The van der Waals surface area contributed by atoms with E-state index in [2.05, 4.69) is 0 Å². The lowest BCUT2D eigenvalue weighted by Crippen LogP contribution is -2.15. The molecule has 1 aliphatic heterocycles. The van der Waals surface area contributed by atoms with Crippen molar-refractivity contribution in [2.45, 2.75) is 6.42 Å². The molecule has 0 N–H and O–H groups in total. The Kier molecular flexibility index (Phi) is 3.16. The summed E-state index contributed by atoms with van der Waals surface area (Å²) in [5.41, 5.74) is 1.47. The van der Waals surface area contributed by atoms with Crippen LogP contribution < -0.4 is 4.74 Å². The Morgan fingerprint density at radius 2 is 1.95 bits per heavy atom. The Morgan fingerprint density at radius 3 is 2.70 bits per heavy atom. The molecule has 0 atom stereocenters. The average molecular weight is 288 g/mol. The first-order chi connectivity index (χ1) is 9.65. The van der Waals surface area contributed by atoms with Crippen LogP contribution in [0.2, 0.25) is 5.02 Å². The maximum atomic E-state index is 11.3. The number of fused-ring (bicyclic) bond motifs is 1. The van der Waals surface area contributed by atoms with E-state index >= 15 is 0 Å². The highest BCUT2D eigenvalue weighted by Crippen LogP contribution is 2.35. The second-order valence-corrected chi connectivity index (χ2v) is 4.87. The topological polar surface area (TPSA) is 52.4 Å². The van der Waals surface area contributed by atoms with E-state index < -0.39 is 4.92 Å². The number of hydrogen-bond donors (Lipinski definition) is 0. The summed E-state index contributed by atoms with van der Waals surface area (Å²) in [5, 5.41) is 11.8. The van der Waals surface area contributed by atoms with Crippen LogP contribution >= 0.6 is 11.6 Å². The fourth-order valence-corrected chi connectivity index (χ4v) is 2.37.